The molecule has 6 nitrogen and oxygen atoms in total. The maximum Gasteiger partial charge on any atom is 0.310 e. The molecule has 0 bridgehead atoms. The number of aromatic nitrogens is 2. The number of pyridine rings is 2. The average molecular weight is 664 g/mol. The van der Waals surface area contributed by atoms with Crippen LogP contribution >= 0.6 is 15.9 Å². The van der Waals surface area contributed by atoms with E-state index in [1.165, 1.54) is 0 Å². The fourth-order valence-corrected chi connectivity index (χ4v) is 5.57. The van der Waals surface area contributed by atoms with Crippen molar-refractivity contribution in [3.05, 3.63) is 131 Å². The first kappa shape index (κ1) is 33.0. The molecule has 0 amide bonds. The third kappa shape index (κ3) is 8.19. The van der Waals surface area contributed by atoms with Gasteiger partial charge in [-0.2, -0.15) is 0 Å². The average Bonchev–Trinajstić information content (AvgIpc) is 3.06. The second-order valence-corrected chi connectivity index (χ2v) is 10.6. The lowest BCUT2D eigenvalue weighted by atomic mass is 9.95. The summed E-state index contributed by atoms with van der Waals surface area (Å²) in [5.41, 5.74) is 7.45. The number of esters is 1. The van der Waals surface area contributed by atoms with E-state index in [0.717, 1.165) is 59.7 Å². The molecule has 0 aliphatic carbocycles. The number of carboxylic acid groups (broad SMARTS) is 1. The van der Waals surface area contributed by atoms with Crippen molar-refractivity contribution >= 4 is 49.7 Å². The van der Waals surface area contributed by atoms with Crippen LogP contribution in [0.4, 0.5) is 0 Å². The molecular formula is C38H35BrN2O4. The van der Waals surface area contributed by atoms with Gasteiger partial charge in [-0.1, -0.05) is 105 Å². The molecule has 0 saturated heterocycles. The van der Waals surface area contributed by atoms with Crippen molar-refractivity contribution in [3.63, 3.8) is 0 Å². The van der Waals surface area contributed by atoms with Gasteiger partial charge >= 0.3 is 11.9 Å². The van der Waals surface area contributed by atoms with Crippen LogP contribution in [0, 0.1) is 0 Å². The maximum absolute atomic E-state index is 11.9. The van der Waals surface area contributed by atoms with Gasteiger partial charge in [0.2, 0.25) is 0 Å². The Morgan fingerprint density at radius 1 is 0.689 bits per heavy atom. The predicted molar refractivity (Wildman–Crippen MR) is 185 cm³/mol. The Morgan fingerprint density at radius 3 is 1.84 bits per heavy atom. The molecule has 6 rings (SSSR count). The molecule has 2 heterocycles. The third-order valence-corrected chi connectivity index (χ3v) is 7.53. The van der Waals surface area contributed by atoms with E-state index in [1.807, 2.05) is 124 Å². The third-order valence-electron chi connectivity index (χ3n) is 6.89. The van der Waals surface area contributed by atoms with E-state index in [4.69, 9.17) is 9.84 Å². The van der Waals surface area contributed by atoms with Gasteiger partial charge in [-0.15, -0.1) is 0 Å². The minimum absolute atomic E-state index is 0.0257. The number of halogens is 1. The summed E-state index contributed by atoms with van der Waals surface area (Å²) in [6.07, 6.45) is 3.63. The van der Waals surface area contributed by atoms with E-state index < -0.39 is 5.97 Å². The normalized spacial score (nSPS) is 10.3. The van der Waals surface area contributed by atoms with Gasteiger partial charge < -0.3 is 9.84 Å². The molecule has 0 fully saturated rings. The molecule has 6 aromatic rings. The lowest BCUT2D eigenvalue weighted by molar-refractivity contribution is -0.142. The largest absolute Gasteiger partial charge is 0.481 e. The molecule has 0 aliphatic heterocycles. The van der Waals surface area contributed by atoms with Gasteiger partial charge in [-0.25, -0.2) is 0 Å². The number of rotatable bonds is 7. The minimum atomic E-state index is -0.848. The van der Waals surface area contributed by atoms with Gasteiger partial charge in [0.15, 0.2) is 0 Å². The quantitative estimate of drug-likeness (QED) is 0.171. The van der Waals surface area contributed by atoms with Crippen LogP contribution in [0.25, 0.3) is 44.1 Å². The van der Waals surface area contributed by atoms with Gasteiger partial charge in [-0.3, -0.25) is 19.6 Å². The Balaban J connectivity index is 0.000000196. The van der Waals surface area contributed by atoms with E-state index in [2.05, 4.69) is 25.9 Å². The van der Waals surface area contributed by atoms with Gasteiger partial charge in [-0.05, 0) is 68.4 Å². The highest BCUT2D eigenvalue weighted by Gasteiger charge is 2.16. The molecule has 2 aromatic heterocycles. The van der Waals surface area contributed by atoms with Crippen molar-refractivity contribution < 1.29 is 19.4 Å². The molecule has 45 heavy (non-hydrogen) atoms. The Hall–Kier alpha value is -4.88. The number of hydrogen-bond donors (Lipinski definition) is 1. The van der Waals surface area contributed by atoms with Crippen molar-refractivity contribution in [1.82, 2.24) is 9.97 Å². The summed E-state index contributed by atoms with van der Waals surface area (Å²) in [6, 6.07) is 33.7. The number of aliphatic carboxylic acids is 1. The molecule has 228 valence electrons. The zero-order valence-electron chi connectivity index (χ0n) is 25.5. The number of ether oxygens (including phenoxy) is 1. The van der Waals surface area contributed by atoms with Crippen molar-refractivity contribution in [2.45, 2.75) is 33.6 Å². The molecule has 0 radical (unpaired) electrons. The highest BCUT2D eigenvalue weighted by Crippen LogP contribution is 2.34. The Labute approximate surface area is 271 Å². The van der Waals surface area contributed by atoms with E-state index in [9.17, 15) is 9.59 Å². The highest BCUT2D eigenvalue weighted by atomic mass is 79.9. The maximum atomic E-state index is 11.9. The topological polar surface area (TPSA) is 89.4 Å². The Morgan fingerprint density at radius 2 is 1.22 bits per heavy atom. The zero-order chi connectivity index (χ0) is 32.2. The second-order valence-electron chi connectivity index (χ2n) is 9.75. The van der Waals surface area contributed by atoms with E-state index in [0.29, 0.717) is 6.61 Å². The summed E-state index contributed by atoms with van der Waals surface area (Å²) in [6.45, 7) is 6.19. The number of nitrogens with zero attached hydrogens (tertiary/aromatic N) is 2. The standard InChI is InChI=1S/C19H16BrNO2.C17H13NO2.C2H6/c1-2-23-17(22)11-14-12-21-19-15(9-6-10-16(19)20)18(14)13-7-4-3-5-8-13;19-16(20)10-13-11-18-15-9-5-4-8-14(15)17(13)12-6-2-1-3-7-12;1-2/h3-10,12H,2,11H2,1H3;1-9,11H,10H2,(H,19,20);1-2H3. The van der Waals surface area contributed by atoms with Crippen LogP contribution in [0.2, 0.25) is 0 Å². The molecule has 0 saturated carbocycles. The van der Waals surface area contributed by atoms with Crippen LogP contribution in [0.15, 0.2) is 120 Å². The second kappa shape index (κ2) is 16.3. The number of hydrogen-bond acceptors (Lipinski definition) is 5. The van der Waals surface area contributed by atoms with Crippen LogP contribution in [-0.2, 0) is 27.2 Å². The van der Waals surface area contributed by atoms with Crippen molar-refractivity contribution in [2.75, 3.05) is 6.61 Å². The summed E-state index contributed by atoms with van der Waals surface area (Å²) in [5, 5.41) is 11.1. The van der Waals surface area contributed by atoms with E-state index >= 15 is 0 Å². The minimum Gasteiger partial charge on any atom is -0.481 e. The number of carboxylic acids is 1. The van der Waals surface area contributed by atoms with E-state index in [1.54, 1.807) is 12.4 Å². The van der Waals surface area contributed by atoms with Crippen LogP contribution < -0.4 is 0 Å². The molecule has 1 N–H and O–H groups in total. The van der Waals surface area contributed by atoms with Crippen molar-refractivity contribution in [3.8, 4) is 22.3 Å². The number of fused-ring (bicyclic) bond motifs is 2. The first-order valence-corrected chi connectivity index (χ1v) is 15.7. The summed E-state index contributed by atoms with van der Waals surface area (Å²) in [7, 11) is 0. The van der Waals surface area contributed by atoms with Crippen LogP contribution in [0.5, 0.6) is 0 Å². The molecule has 0 aliphatic rings. The first-order chi connectivity index (χ1) is 22.0. The SMILES string of the molecule is CC.CCOC(=O)Cc1cnc2c(Br)cccc2c1-c1ccccc1.O=C(O)Cc1cnc2ccccc2c1-c1ccccc1. The molecule has 0 atom stereocenters. The molecule has 7 heteroatoms. The fraction of sp³-hybridized carbons (Fsp3) is 0.158. The summed E-state index contributed by atoms with van der Waals surface area (Å²) >= 11 is 3.55. The van der Waals surface area contributed by atoms with Crippen LogP contribution in [0.1, 0.15) is 31.9 Å². The van der Waals surface area contributed by atoms with E-state index in [-0.39, 0.29) is 18.8 Å². The Bertz CT molecular complexity index is 1890. The summed E-state index contributed by atoms with van der Waals surface area (Å²) < 4.78 is 6.04. The summed E-state index contributed by atoms with van der Waals surface area (Å²) in [5.74, 6) is -1.08. The number of para-hydroxylation sites is 2. The monoisotopic (exact) mass is 662 g/mol. The number of carbonyl (C=O) groups excluding carboxylic acids is 1. The van der Waals surface area contributed by atoms with Crippen molar-refractivity contribution in [1.29, 1.82) is 0 Å². The summed E-state index contributed by atoms with van der Waals surface area (Å²) in [4.78, 5) is 31.9. The van der Waals surface area contributed by atoms with Crippen LogP contribution in [0.3, 0.4) is 0 Å². The van der Waals surface area contributed by atoms with Crippen LogP contribution in [-0.4, -0.2) is 33.6 Å². The highest BCUT2D eigenvalue weighted by molar-refractivity contribution is 9.10. The van der Waals surface area contributed by atoms with Gasteiger partial charge in [0.1, 0.15) is 0 Å². The lowest BCUT2D eigenvalue weighted by Gasteiger charge is -2.13. The predicted octanol–water partition coefficient (Wildman–Crippen LogP) is 9.32. The molecule has 0 spiro atoms. The molecule has 0 unspecified atom stereocenters. The number of benzene rings is 4. The van der Waals surface area contributed by atoms with Gasteiger partial charge in [0.25, 0.3) is 0 Å². The van der Waals surface area contributed by atoms with Gasteiger partial charge in [0.05, 0.1) is 30.5 Å². The van der Waals surface area contributed by atoms with Crippen molar-refractivity contribution in [2.24, 2.45) is 0 Å². The molecular weight excluding hydrogens is 628 g/mol. The van der Waals surface area contributed by atoms with Gasteiger partial charge in [0, 0.05) is 27.6 Å². The smallest absolute Gasteiger partial charge is 0.310 e. The number of carbonyl (C=O) groups is 2. The Kier molecular flexibility index (Phi) is 11.9. The molecule has 4 aromatic carbocycles. The lowest BCUT2D eigenvalue weighted by Crippen LogP contribution is -2.09. The first-order valence-electron chi connectivity index (χ1n) is 14.9. The zero-order valence-corrected chi connectivity index (χ0v) is 27.1. The fourth-order valence-electron chi connectivity index (χ4n) is 5.10.